The summed E-state index contributed by atoms with van der Waals surface area (Å²) in [6.07, 6.45) is 8.18. The van der Waals surface area contributed by atoms with Crippen molar-refractivity contribution in [2.24, 2.45) is 0 Å². The molecule has 0 unspecified atom stereocenters. The van der Waals surface area contributed by atoms with Crippen LogP contribution in [-0.4, -0.2) is 25.9 Å². The fraction of sp³-hybridized carbons (Fsp3) is 0.286. The van der Waals surface area contributed by atoms with Gasteiger partial charge >= 0.3 is 0 Å². The maximum absolute atomic E-state index is 11.0. The lowest BCUT2D eigenvalue weighted by molar-refractivity contribution is -0.384. The van der Waals surface area contributed by atoms with Gasteiger partial charge in [0.1, 0.15) is 5.82 Å². The zero-order valence-electron chi connectivity index (χ0n) is 15.9. The van der Waals surface area contributed by atoms with Gasteiger partial charge in [0.05, 0.1) is 10.6 Å². The standard InChI is InChI=1S/C21H22N6O2/c28-27(29)18-9-3-5-15(11-18)13-23-20-12-19(16-6-4-10-22-14-16)25-21(26-20)24-17-7-1-2-8-17/h3-6,9-12,14,17H,1-2,7-8,13H2,(H2,23,24,25,26). The molecule has 0 atom stereocenters. The molecule has 1 aliphatic rings. The van der Waals surface area contributed by atoms with E-state index in [1.54, 1.807) is 24.5 Å². The van der Waals surface area contributed by atoms with Gasteiger partial charge in [-0.3, -0.25) is 15.1 Å². The molecule has 2 heterocycles. The van der Waals surface area contributed by atoms with Crippen LogP contribution in [0.1, 0.15) is 31.2 Å². The molecule has 1 aromatic carbocycles. The number of non-ortho nitro benzene ring substituents is 1. The van der Waals surface area contributed by atoms with Crippen LogP contribution in [0.25, 0.3) is 11.3 Å². The summed E-state index contributed by atoms with van der Waals surface area (Å²) in [5.74, 6) is 1.24. The predicted molar refractivity (Wildman–Crippen MR) is 112 cm³/mol. The highest BCUT2D eigenvalue weighted by Crippen LogP contribution is 2.25. The first-order valence-electron chi connectivity index (χ1n) is 9.70. The smallest absolute Gasteiger partial charge is 0.269 e. The molecule has 8 nitrogen and oxygen atoms in total. The van der Waals surface area contributed by atoms with Crippen LogP contribution in [0, 0.1) is 10.1 Å². The van der Waals surface area contributed by atoms with Crippen molar-refractivity contribution in [2.45, 2.75) is 38.3 Å². The number of nitro benzene ring substituents is 1. The Bertz CT molecular complexity index is 989. The molecule has 0 aliphatic heterocycles. The van der Waals surface area contributed by atoms with E-state index in [1.165, 1.54) is 18.9 Å². The van der Waals surface area contributed by atoms with Crippen molar-refractivity contribution in [1.82, 2.24) is 15.0 Å². The SMILES string of the molecule is O=[N+]([O-])c1cccc(CNc2cc(-c3cccnc3)nc(NC3CCCC3)n2)c1. The Morgan fingerprint density at radius 1 is 1.10 bits per heavy atom. The van der Waals surface area contributed by atoms with E-state index in [2.05, 4.69) is 25.6 Å². The summed E-state index contributed by atoms with van der Waals surface area (Å²) in [4.78, 5) is 24.1. The molecule has 3 aromatic rings. The number of hydrogen-bond acceptors (Lipinski definition) is 7. The molecule has 8 heteroatoms. The van der Waals surface area contributed by atoms with Gasteiger partial charge in [-0.2, -0.15) is 4.98 Å². The monoisotopic (exact) mass is 390 g/mol. The van der Waals surface area contributed by atoms with Gasteiger partial charge in [0.2, 0.25) is 5.95 Å². The summed E-state index contributed by atoms with van der Waals surface area (Å²) in [6.45, 7) is 0.425. The maximum atomic E-state index is 11.0. The van der Waals surface area contributed by atoms with Gasteiger partial charge in [0, 0.05) is 48.7 Å². The topological polar surface area (TPSA) is 106 Å². The van der Waals surface area contributed by atoms with Gasteiger partial charge in [-0.1, -0.05) is 25.0 Å². The van der Waals surface area contributed by atoms with E-state index in [9.17, 15) is 10.1 Å². The maximum Gasteiger partial charge on any atom is 0.269 e. The number of nitrogens with one attached hydrogen (secondary N) is 2. The molecule has 4 rings (SSSR count). The van der Waals surface area contributed by atoms with Crippen LogP contribution in [0.4, 0.5) is 17.5 Å². The summed E-state index contributed by atoms with van der Waals surface area (Å²) in [7, 11) is 0. The molecule has 0 amide bonds. The third kappa shape index (κ3) is 4.84. The van der Waals surface area contributed by atoms with Crippen LogP contribution >= 0.6 is 0 Å². The number of hydrogen-bond donors (Lipinski definition) is 2. The van der Waals surface area contributed by atoms with Gasteiger partial charge in [0.25, 0.3) is 5.69 Å². The molecule has 0 radical (unpaired) electrons. The molecule has 2 aromatic heterocycles. The second-order valence-corrected chi connectivity index (χ2v) is 7.11. The molecule has 1 aliphatic carbocycles. The van der Waals surface area contributed by atoms with E-state index in [1.807, 2.05) is 24.3 Å². The van der Waals surface area contributed by atoms with Crippen molar-refractivity contribution in [3.8, 4) is 11.3 Å². The Balaban J connectivity index is 1.57. The fourth-order valence-electron chi connectivity index (χ4n) is 3.49. The Morgan fingerprint density at radius 3 is 2.72 bits per heavy atom. The minimum Gasteiger partial charge on any atom is -0.366 e. The van der Waals surface area contributed by atoms with Crippen molar-refractivity contribution >= 4 is 17.5 Å². The third-order valence-corrected chi connectivity index (χ3v) is 4.97. The summed E-state index contributed by atoms with van der Waals surface area (Å²) in [6, 6.07) is 12.7. The Labute approximate surface area is 168 Å². The lowest BCUT2D eigenvalue weighted by atomic mass is 10.2. The predicted octanol–water partition coefficient (Wildman–Crippen LogP) is 4.41. The minimum absolute atomic E-state index is 0.0756. The average Bonchev–Trinajstić information content (AvgIpc) is 3.26. The average molecular weight is 390 g/mol. The molecule has 0 bridgehead atoms. The highest BCUT2D eigenvalue weighted by atomic mass is 16.6. The van der Waals surface area contributed by atoms with Gasteiger partial charge < -0.3 is 10.6 Å². The Hall–Kier alpha value is -3.55. The zero-order valence-corrected chi connectivity index (χ0v) is 15.9. The Morgan fingerprint density at radius 2 is 1.97 bits per heavy atom. The first kappa shape index (κ1) is 18.8. The van der Waals surface area contributed by atoms with E-state index in [0.29, 0.717) is 24.4 Å². The fourth-order valence-corrected chi connectivity index (χ4v) is 3.49. The van der Waals surface area contributed by atoms with Crippen molar-refractivity contribution < 1.29 is 4.92 Å². The van der Waals surface area contributed by atoms with E-state index in [4.69, 9.17) is 0 Å². The molecule has 148 valence electrons. The summed E-state index contributed by atoms with van der Waals surface area (Å²) >= 11 is 0. The molecule has 1 fully saturated rings. The first-order chi connectivity index (χ1) is 14.2. The molecule has 0 saturated heterocycles. The number of nitrogens with zero attached hydrogens (tertiary/aromatic N) is 4. The summed E-state index contributed by atoms with van der Waals surface area (Å²) < 4.78 is 0. The second-order valence-electron chi connectivity index (χ2n) is 7.11. The number of anilines is 2. The van der Waals surface area contributed by atoms with Crippen LogP contribution in [-0.2, 0) is 6.54 Å². The van der Waals surface area contributed by atoms with Crippen LogP contribution in [0.2, 0.25) is 0 Å². The first-order valence-corrected chi connectivity index (χ1v) is 9.70. The number of aromatic nitrogens is 3. The molecule has 0 spiro atoms. The van der Waals surface area contributed by atoms with E-state index in [-0.39, 0.29) is 5.69 Å². The van der Waals surface area contributed by atoms with Crippen molar-refractivity contribution in [3.63, 3.8) is 0 Å². The van der Waals surface area contributed by atoms with Crippen LogP contribution < -0.4 is 10.6 Å². The van der Waals surface area contributed by atoms with Crippen molar-refractivity contribution in [1.29, 1.82) is 0 Å². The summed E-state index contributed by atoms with van der Waals surface area (Å²) in [5, 5.41) is 17.7. The van der Waals surface area contributed by atoms with Crippen molar-refractivity contribution in [3.05, 3.63) is 70.5 Å². The van der Waals surface area contributed by atoms with Crippen molar-refractivity contribution in [2.75, 3.05) is 10.6 Å². The van der Waals surface area contributed by atoms with E-state index >= 15 is 0 Å². The molecule has 2 N–H and O–H groups in total. The molecular formula is C21H22N6O2. The quantitative estimate of drug-likeness (QED) is 0.454. The number of benzene rings is 1. The summed E-state index contributed by atoms with van der Waals surface area (Å²) in [5.41, 5.74) is 2.57. The highest BCUT2D eigenvalue weighted by Gasteiger charge is 2.17. The lowest BCUT2D eigenvalue weighted by Crippen LogP contribution is -2.17. The van der Waals surface area contributed by atoms with E-state index in [0.717, 1.165) is 29.7 Å². The molecule has 1 saturated carbocycles. The molecule has 29 heavy (non-hydrogen) atoms. The zero-order chi connectivity index (χ0) is 20.1. The number of nitro groups is 1. The van der Waals surface area contributed by atoms with Gasteiger partial charge in [0.15, 0.2) is 0 Å². The third-order valence-electron chi connectivity index (χ3n) is 4.97. The van der Waals surface area contributed by atoms with Crippen LogP contribution in [0.5, 0.6) is 0 Å². The minimum atomic E-state index is -0.391. The molecular weight excluding hydrogens is 368 g/mol. The highest BCUT2D eigenvalue weighted by molar-refractivity contribution is 5.63. The van der Waals surface area contributed by atoms with Crippen LogP contribution in [0.15, 0.2) is 54.9 Å². The normalized spacial score (nSPS) is 13.9. The largest absolute Gasteiger partial charge is 0.366 e. The van der Waals surface area contributed by atoms with Crippen LogP contribution in [0.3, 0.4) is 0 Å². The second kappa shape index (κ2) is 8.64. The van der Waals surface area contributed by atoms with Gasteiger partial charge in [-0.05, 0) is 30.5 Å². The van der Waals surface area contributed by atoms with E-state index < -0.39 is 4.92 Å². The number of pyridine rings is 1. The van der Waals surface area contributed by atoms with Gasteiger partial charge in [-0.25, -0.2) is 4.98 Å². The van der Waals surface area contributed by atoms with Gasteiger partial charge in [-0.15, -0.1) is 0 Å². The number of rotatable bonds is 7. The Kier molecular flexibility index (Phi) is 5.60. The lowest BCUT2D eigenvalue weighted by Gasteiger charge is -2.15.